The van der Waals surface area contributed by atoms with Crippen LogP contribution in [-0.4, -0.2) is 83.5 Å². The van der Waals surface area contributed by atoms with Gasteiger partial charge in [0.1, 0.15) is 14.2 Å². The smallest absolute Gasteiger partial charge is 0.330 e. The summed E-state index contributed by atoms with van der Waals surface area (Å²) in [6, 6.07) is 0. The largest absolute Gasteiger partial charge is 0.460 e. The molecule has 0 aromatic heterocycles. The van der Waals surface area contributed by atoms with E-state index < -0.39 is 38.3 Å². The van der Waals surface area contributed by atoms with E-state index in [9.17, 15) is 4.79 Å². The Hall–Kier alpha value is -0.122. The fourth-order valence-electron chi connectivity index (χ4n) is 4.61. The van der Waals surface area contributed by atoms with Crippen molar-refractivity contribution in [2.45, 2.75) is 109 Å². The zero-order valence-electron chi connectivity index (χ0n) is 24.7. The van der Waals surface area contributed by atoms with E-state index in [1.54, 1.807) is 0 Å². The summed E-state index contributed by atoms with van der Waals surface area (Å²) in [6.07, 6.45) is 5.27. The van der Waals surface area contributed by atoms with Crippen LogP contribution >= 0.6 is 0 Å². The topological polar surface area (TPSA) is 72.5 Å². The normalized spacial score (nSPS) is 20.7. The highest BCUT2D eigenvalue weighted by Gasteiger charge is 2.61. The average Bonchev–Trinajstić information content (AvgIpc) is 2.73. The minimum Gasteiger partial charge on any atom is -0.460 e. The Morgan fingerprint density at radius 2 is 1.61 bits per heavy atom. The zero-order valence-corrected chi connectivity index (χ0v) is 28.7. The first-order valence-corrected chi connectivity index (χ1v) is 26.7. The molecule has 0 aromatic carbocycles. The lowest BCUT2D eigenvalue weighted by Crippen LogP contribution is -2.72. The predicted octanol–water partition coefficient (Wildman–Crippen LogP) is 6.03. The molecule has 11 heteroatoms. The molecule has 1 rings (SSSR count). The van der Waals surface area contributed by atoms with E-state index >= 15 is 0 Å². The highest BCUT2D eigenvalue weighted by molar-refractivity contribution is 7.39. The van der Waals surface area contributed by atoms with E-state index in [2.05, 4.69) is 65.5 Å². The second kappa shape index (κ2) is 14.9. The van der Waals surface area contributed by atoms with Crippen molar-refractivity contribution >= 4 is 38.3 Å². The van der Waals surface area contributed by atoms with Crippen LogP contribution in [0, 0.1) is 0 Å². The number of hydrogen-bond acceptors (Lipinski definition) is 7. The zero-order chi connectivity index (χ0) is 27.6. The van der Waals surface area contributed by atoms with E-state index in [1.165, 1.54) is 0 Å². The number of rotatable bonds is 17. The van der Waals surface area contributed by atoms with Gasteiger partial charge in [0.25, 0.3) is 0 Å². The Labute approximate surface area is 224 Å². The summed E-state index contributed by atoms with van der Waals surface area (Å²) in [6.45, 7) is 29.1. The van der Waals surface area contributed by atoms with Gasteiger partial charge in [-0.15, -0.1) is 0 Å². The third-order valence-electron chi connectivity index (χ3n) is 5.92. The van der Waals surface area contributed by atoms with Gasteiger partial charge in [-0.3, -0.25) is 0 Å². The summed E-state index contributed by atoms with van der Waals surface area (Å²) < 4.78 is 37.4. The molecule has 0 saturated carbocycles. The molecule has 3 atom stereocenters. The van der Waals surface area contributed by atoms with Gasteiger partial charge in [-0.05, 0) is 71.9 Å². The molecule has 0 aromatic rings. The van der Waals surface area contributed by atoms with Gasteiger partial charge in [0, 0.05) is 24.8 Å². The van der Waals surface area contributed by atoms with Gasteiger partial charge < -0.3 is 27.2 Å². The van der Waals surface area contributed by atoms with Gasteiger partial charge in [0.2, 0.25) is 0 Å². The van der Waals surface area contributed by atoms with Crippen LogP contribution in [0.5, 0.6) is 0 Å². The molecule has 1 aliphatic heterocycles. The third-order valence-corrected chi connectivity index (χ3v) is 26.2. The van der Waals surface area contributed by atoms with Gasteiger partial charge in [-0.25, -0.2) is 4.79 Å². The van der Waals surface area contributed by atoms with Crippen LogP contribution in [-0.2, 0) is 32.0 Å². The molecule has 1 fully saturated rings. The lowest BCUT2D eigenvalue weighted by molar-refractivity contribution is -0.141. The Morgan fingerprint density at radius 1 is 1.00 bits per heavy atom. The van der Waals surface area contributed by atoms with E-state index in [0.29, 0.717) is 25.4 Å². The van der Waals surface area contributed by atoms with E-state index in [4.69, 9.17) is 27.2 Å². The second-order valence-corrected chi connectivity index (χ2v) is 36.0. The van der Waals surface area contributed by atoms with Crippen molar-refractivity contribution < 1.29 is 32.0 Å². The first kappa shape index (κ1) is 33.9. The summed E-state index contributed by atoms with van der Waals surface area (Å²) in [7, 11) is -7.94. The monoisotopic (exact) mass is 578 g/mol. The second-order valence-electron chi connectivity index (χ2n) is 12.8. The van der Waals surface area contributed by atoms with E-state index in [1.807, 2.05) is 6.92 Å². The lowest BCUT2D eigenvalue weighted by atomic mass is 10.0. The first-order valence-electron chi connectivity index (χ1n) is 13.5. The number of carbonyl (C=O) groups is 1. The van der Waals surface area contributed by atoms with Crippen molar-refractivity contribution in [2.75, 3.05) is 33.0 Å². The van der Waals surface area contributed by atoms with Crippen LogP contribution < -0.4 is 0 Å². The van der Waals surface area contributed by atoms with E-state index in [-0.39, 0.29) is 18.8 Å². The van der Waals surface area contributed by atoms with Gasteiger partial charge in [0.05, 0.1) is 25.4 Å². The molecular formula is C25H54O7Si4. The van der Waals surface area contributed by atoms with E-state index in [0.717, 1.165) is 38.4 Å². The molecule has 7 nitrogen and oxygen atoms in total. The Kier molecular flexibility index (Phi) is 14.0. The molecule has 0 amide bonds. The summed E-state index contributed by atoms with van der Waals surface area (Å²) in [5.41, 5.74) is 0.374. The van der Waals surface area contributed by atoms with Crippen molar-refractivity contribution in [3.8, 4) is 0 Å². The Balaban J connectivity index is 2.73. The molecule has 0 bridgehead atoms. The minimum absolute atomic E-state index is 0.171. The van der Waals surface area contributed by atoms with Crippen LogP contribution in [0.3, 0.4) is 0 Å². The summed E-state index contributed by atoms with van der Waals surface area (Å²) in [4.78, 5) is 11.1. The van der Waals surface area contributed by atoms with Crippen molar-refractivity contribution in [3.05, 3.63) is 12.7 Å². The first-order chi connectivity index (χ1) is 16.5. The van der Waals surface area contributed by atoms with Crippen molar-refractivity contribution in [1.29, 1.82) is 0 Å². The Morgan fingerprint density at radius 3 is 2.14 bits per heavy atom. The molecule has 36 heavy (non-hydrogen) atoms. The maximum Gasteiger partial charge on any atom is 0.330 e. The van der Waals surface area contributed by atoms with Crippen molar-refractivity contribution in [1.82, 2.24) is 0 Å². The summed E-state index contributed by atoms with van der Waals surface area (Å²) in [5.74, 6) is -0.434. The van der Waals surface area contributed by atoms with Crippen LogP contribution in [0.2, 0.25) is 64.5 Å². The molecule has 1 saturated heterocycles. The number of ether oxygens (including phenoxy) is 4. The quantitative estimate of drug-likeness (QED) is 0.0903. The minimum atomic E-state index is -2.51. The maximum atomic E-state index is 11.1. The standard InChI is InChI=1S/C25H54O7Si4/c1-12-25(26)30-21-22(2)28-20-19-27-17-13-15-23-24(16-14-18-29-23)36(35(9,10)11,31-33(3,4)5)32-34(6,7)8/h12,22-24H,1,13-21H2,2-11H3. The summed E-state index contributed by atoms with van der Waals surface area (Å²) >= 11 is 0. The van der Waals surface area contributed by atoms with Gasteiger partial charge in [0.15, 0.2) is 16.6 Å². The SMILES string of the molecule is C=CC(=O)OCC(C)OCCOCCCC1OCCCC1[Si](O[Si](C)(C)C)(O[Si](C)(C)C)[Si](C)(C)C. The molecule has 1 heterocycles. The molecular weight excluding hydrogens is 525 g/mol. The molecule has 1 aliphatic rings. The number of carbonyl (C=O) groups excluding carboxylic acids is 1. The number of esters is 1. The highest BCUT2D eigenvalue weighted by atomic mass is 29.3. The van der Waals surface area contributed by atoms with Gasteiger partial charge in [-0.2, -0.15) is 0 Å². The number of hydrogen-bond donors (Lipinski definition) is 0. The van der Waals surface area contributed by atoms with Crippen molar-refractivity contribution in [2.24, 2.45) is 0 Å². The van der Waals surface area contributed by atoms with Crippen molar-refractivity contribution in [3.63, 3.8) is 0 Å². The van der Waals surface area contributed by atoms with Crippen LogP contribution in [0.25, 0.3) is 0 Å². The molecule has 3 unspecified atom stereocenters. The van der Waals surface area contributed by atoms with Gasteiger partial charge in [-0.1, -0.05) is 26.2 Å². The fourth-order valence-corrected chi connectivity index (χ4v) is 33.9. The average molecular weight is 579 g/mol. The van der Waals surface area contributed by atoms with Crippen LogP contribution in [0.4, 0.5) is 0 Å². The highest BCUT2D eigenvalue weighted by Crippen LogP contribution is 2.45. The fraction of sp³-hybridized carbons (Fsp3) is 0.880. The van der Waals surface area contributed by atoms with Crippen LogP contribution in [0.1, 0.15) is 32.6 Å². The van der Waals surface area contributed by atoms with Crippen LogP contribution in [0.15, 0.2) is 12.7 Å². The molecule has 0 N–H and O–H groups in total. The molecule has 212 valence electrons. The van der Waals surface area contributed by atoms with Gasteiger partial charge >= 0.3 is 14.0 Å². The lowest BCUT2D eigenvalue weighted by Gasteiger charge is -2.54. The molecule has 0 radical (unpaired) electrons. The molecule has 0 aliphatic carbocycles. The maximum absolute atomic E-state index is 11.1. The summed E-state index contributed by atoms with van der Waals surface area (Å²) in [5, 5.41) is 0. The molecule has 0 spiro atoms. The Bertz CT molecular complexity index is 655. The third kappa shape index (κ3) is 12.2. The predicted molar refractivity (Wildman–Crippen MR) is 157 cm³/mol.